The molecule has 0 bridgehead atoms. The molecule has 0 fully saturated rings. The van der Waals surface area contributed by atoms with Gasteiger partial charge >= 0.3 is 11.3 Å². The molecule has 0 radical (unpaired) electrons. The van der Waals surface area contributed by atoms with Crippen molar-refractivity contribution in [3.8, 4) is 0 Å². The van der Waals surface area contributed by atoms with Crippen LogP contribution in [0.4, 0.5) is 0 Å². The molecule has 0 aromatic carbocycles. The Kier molecular flexibility index (Phi) is 7.90. The van der Waals surface area contributed by atoms with Crippen molar-refractivity contribution in [3.63, 3.8) is 0 Å². The predicted octanol–water partition coefficient (Wildman–Crippen LogP) is 1.29. The molecule has 0 aromatic heterocycles. The quantitative estimate of drug-likeness (QED) is 0.309. The number of nitrogens with zero attached hydrogens (tertiary/aromatic N) is 9. The smallest absolute Gasteiger partial charge is 0.235 e. The number of rotatable bonds is 6. The van der Waals surface area contributed by atoms with Crippen LogP contribution < -0.4 is 0 Å². The maximum Gasteiger partial charge on any atom is 0.334 e. The maximum atomic E-state index is 10.1. The Balaban J connectivity index is 3.78. The lowest BCUT2D eigenvalue weighted by molar-refractivity contribution is -0.124. The van der Waals surface area contributed by atoms with E-state index in [0.29, 0.717) is 0 Å². The van der Waals surface area contributed by atoms with Crippen molar-refractivity contribution < 1.29 is 13.8 Å². The summed E-state index contributed by atoms with van der Waals surface area (Å²) in [6, 6.07) is 0. The summed E-state index contributed by atoms with van der Waals surface area (Å²) in [5, 5.41) is 28.8. The zero-order valence-electron chi connectivity index (χ0n) is 6.11. The fraction of sp³-hybridized carbons (Fsp3) is 0. The number of hydrogen-bond acceptors (Lipinski definition) is 4. The first kappa shape index (κ1) is 12.1. The number of nitroso groups, excluding NO2 is 1. The van der Waals surface area contributed by atoms with E-state index in [1.165, 1.54) is 0 Å². The van der Waals surface area contributed by atoms with Gasteiger partial charge in [-0.3, -0.25) is 0 Å². The van der Waals surface area contributed by atoms with Crippen molar-refractivity contribution >= 4 is 11.3 Å². The van der Waals surface area contributed by atoms with Crippen LogP contribution in [0, 0.1) is 4.91 Å². The second-order valence-electron chi connectivity index (χ2n) is 1.08. The topological polar surface area (TPSA) is 175 Å². The molecule has 14 heavy (non-hydrogen) atoms. The first-order valence-electron chi connectivity index (χ1n) is 2.48. The van der Waals surface area contributed by atoms with E-state index in [0.717, 1.165) is 0 Å². The normalized spacial score (nSPS) is 14.9. The van der Waals surface area contributed by atoms with Gasteiger partial charge in [-0.15, -0.1) is 9.24 Å². The monoisotopic (exact) mass is 223 g/mol. The molecule has 76 valence electrons. The van der Waals surface area contributed by atoms with Gasteiger partial charge in [-0.25, -0.2) is 5.26 Å². The lowest BCUT2D eigenvalue weighted by Crippen LogP contribution is -1.83. The second-order valence-corrected chi connectivity index (χ2v) is 1.83. The van der Waals surface area contributed by atoms with Crippen LogP contribution in [0.1, 0.15) is 0 Å². The van der Waals surface area contributed by atoms with E-state index in [1.807, 2.05) is 5.29 Å². The average molecular weight is 223 g/mol. The molecule has 1 atom stereocenters. The van der Waals surface area contributed by atoms with Crippen molar-refractivity contribution in [2.45, 2.75) is 0 Å². The molecule has 0 aliphatic rings. The summed E-state index contributed by atoms with van der Waals surface area (Å²) in [4.78, 5) is 9.28. The van der Waals surface area contributed by atoms with Crippen molar-refractivity contribution in [2.75, 3.05) is 0 Å². The molecule has 0 saturated carbocycles. The predicted molar refractivity (Wildman–Crippen MR) is 37.1 cm³/mol. The Morgan fingerprint density at radius 3 is 1.93 bits per heavy atom. The van der Waals surface area contributed by atoms with Gasteiger partial charge in [-0.2, -0.15) is 4.21 Å². The summed E-state index contributed by atoms with van der Waals surface area (Å²) in [5.41, 5.74) is 0. The minimum absolute atomic E-state index is 1.96. The van der Waals surface area contributed by atoms with E-state index >= 15 is 0 Å². The van der Waals surface area contributed by atoms with Crippen LogP contribution in [-0.4, -0.2) is 9.47 Å². The molecule has 0 heterocycles. The molecule has 1 unspecified atom stereocenters. The average Bonchev–Trinajstić information content (AvgIpc) is 2.21. The van der Waals surface area contributed by atoms with Gasteiger partial charge in [0, 0.05) is 20.9 Å². The van der Waals surface area contributed by atoms with Crippen LogP contribution in [0.15, 0.2) is 46.4 Å². The SMILES string of the molecule is O=N/N=N/N=N/N=N/N=NS(=O)OO. The third-order valence-corrected chi connectivity index (χ3v) is 0.777. The summed E-state index contributed by atoms with van der Waals surface area (Å²) >= 11 is -2.35. The lowest BCUT2D eigenvalue weighted by Gasteiger charge is -1.78. The molecule has 0 saturated heterocycles. The van der Waals surface area contributed by atoms with E-state index in [1.54, 1.807) is 0 Å². The van der Waals surface area contributed by atoms with Crippen LogP contribution in [0.3, 0.4) is 0 Å². The Bertz CT molecular complexity index is 289. The first-order valence-corrected chi connectivity index (χ1v) is 3.51. The van der Waals surface area contributed by atoms with E-state index < -0.39 is 11.3 Å². The van der Waals surface area contributed by atoms with Gasteiger partial charge in [0.05, 0.1) is 0 Å². The van der Waals surface area contributed by atoms with Crippen LogP contribution in [-0.2, 0) is 15.6 Å². The third kappa shape index (κ3) is 8.17. The Hall–Kier alpha value is -1.93. The first-order chi connectivity index (χ1) is 6.81. The highest BCUT2D eigenvalue weighted by atomic mass is 32.2. The molecule has 0 aliphatic heterocycles. The van der Waals surface area contributed by atoms with E-state index in [2.05, 4.69) is 45.4 Å². The third-order valence-electron chi connectivity index (χ3n) is 0.443. The minimum Gasteiger partial charge on any atom is -0.235 e. The highest BCUT2D eigenvalue weighted by Gasteiger charge is 1.89. The van der Waals surface area contributed by atoms with Gasteiger partial charge in [-0.05, 0) is 20.2 Å². The highest BCUT2D eigenvalue weighted by Crippen LogP contribution is 1.88. The Morgan fingerprint density at radius 1 is 0.929 bits per heavy atom. The molecule has 14 heteroatoms. The van der Waals surface area contributed by atoms with Crippen LogP contribution in [0.25, 0.3) is 0 Å². The zero-order chi connectivity index (χ0) is 10.6. The molecule has 0 rings (SSSR count). The van der Waals surface area contributed by atoms with Crippen molar-refractivity contribution in [2.24, 2.45) is 46.4 Å². The Morgan fingerprint density at radius 2 is 1.43 bits per heavy atom. The molecule has 13 nitrogen and oxygen atoms in total. The van der Waals surface area contributed by atoms with Crippen molar-refractivity contribution in [3.05, 3.63) is 4.91 Å². The molecular weight excluding hydrogens is 222 g/mol. The summed E-state index contributed by atoms with van der Waals surface area (Å²) in [6.07, 6.45) is 0. The summed E-state index contributed by atoms with van der Waals surface area (Å²) in [6.45, 7) is 0. The largest absolute Gasteiger partial charge is 0.334 e. The molecule has 0 amide bonds. The van der Waals surface area contributed by atoms with E-state index in [9.17, 15) is 9.12 Å². The lowest BCUT2D eigenvalue weighted by atomic mass is 12.4. The van der Waals surface area contributed by atoms with E-state index in [4.69, 9.17) is 5.26 Å². The van der Waals surface area contributed by atoms with Gasteiger partial charge in [0.1, 0.15) is 5.29 Å². The fourth-order valence-corrected chi connectivity index (χ4v) is 0.289. The molecular formula is HN9O4S. The van der Waals surface area contributed by atoms with Crippen LogP contribution in [0.2, 0.25) is 0 Å². The fourth-order valence-electron chi connectivity index (χ4n) is 0.167. The van der Waals surface area contributed by atoms with Crippen LogP contribution >= 0.6 is 0 Å². The van der Waals surface area contributed by atoms with Gasteiger partial charge in [0.25, 0.3) is 0 Å². The van der Waals surface area contributed by atoms with Gasteiger partial charge in [0.2, 0.25) is 0 Å². The number of hydrogen-bond donors (Lipinski definition) is 1. The summed E-state index contributed by atoms with van der Waals surface area (Å²) in [7, 11) is 0. The Labute approximate surface area is 77.3 Å². The summed E-state index contributed by atoms with van der Waals surface area (Å²) in [5.74, 6) is 0. The molecule has 0 aromatic rings. The second kappa shape index (κ2) is 9.16. The molecule has 1 N–H and O–H groups in total. The minimum atomic E-state index is -2.35. The van der Waals surface area contributed by atoms with E-state index in [-0.39, 0.29) is 0 Å². The maximum absolute atomic E-state index is 10.1. The summed E-state index contributed by atoms with van der Waals surface area (Å²) < 4.78 is 16.0. The van der Waals surface area contributed by atoms with Gasteiger partial charge < -0.3 is 0 Å². The zero-order valence-corrected chi connectivity index (χ0v) is 6.92. The van der Waals surface area contributed by atoms with Crippen LogP contribution in [0.5, 0.6) is 0 Å². The van der Waals surface area contributed by atoms with Crippen molar-refractivity contribution in [1.29, 1.82) is 0 Å². The van der Waals surface area contributed by atoms with Crippen molar-refractivity contribution in [1.82, 2.24) is 0 Å². The molecule has 0 spiro atoms. The standard InChI is InChI=1S/HN9O4S/c10-8-6-4-2-1-3-5-7-9-14(12)13-11/h11H/b2-1+,5-3+,6-4+,9-7?. The highest BCUT2D eigenvalue weighted by molar-refractivity contribution is 7.78. The van der Waals surface area contributed by atoms with Gasteiger partial charge in [-0.1, -0.05) is 0 Å². The van der Waals surface area contributed by atoms with Gasteiger partial charge in [0.15, 0.2) is 0 Å². The molecule has 0 aliphatic carbocycles.